The fourth-order valence-corrected chi connectivity index (χ4v) is 3.67. The Bertz CT molecular complexity index is 839. The summed E-state index contributed by atoms with van der Waals surface area (Å²) < 4.78 is 1.91. The summed E-state index contributed by atoms with van der Waals surface area (Å²) in [6, 6.07) is 8.19. The molecule has 1 heterocycles. The molecule has 28 heavy (non-hydrogen) atoms. The number of fused-ring (bicyclic) bond motifs is 1. The van der Waals surface area contributed by atoms with Crippen molar-refractivity contribution in [2.75, 3.05) is 19.6 Å². The number of nitrogens with zero attached hydrogens (tertiary/aromatic N) is 3. The first-order valence-electron chi connectivity index (χ1n) is 10.3. The zero-order chi connectivity index (χ0) is 20.1. The minimum absolute atomic E-state index is 0.0822. The van der Waals surface area contributed by atoms with Crippen molar-refractivity contribution >= 4 is 11.8 Å². The van der Waals surface area contributed by atoms with Gasteiger partial charge in [-0.05, 0) is 51.2 Å². The molecule has 1 aromatic heterocycles. The van der Waals surface area contributed by atoms with E-state index in [4.69, 9.17) is 5.10 Å². The highest BCUT2D eigenvalue weighted by molar-refractivity contribution is 5.96. The average molecular weight is 383 g/mol. The summed E-state index contributed by atoms with van der Waals surface area (Å²) in [5.41, 5.74) is 4.84. The third-order valence-corrected chi connectivity index (χ3v) is 5.10. The Kier molecular flexibility index (Phi) is 6.49. The summed E-state index contributed by atoms with van der Waals surface area (Å²) in [6.45, 7) is 7.34. The number of rotatable bonds is 8. The molecule has 0 fully saturated rings. The molecule has 0 spiro atoms. The molecule has 0 saturated carbocycles. The monoisotopic (exact) mass is 382 g/mol. The smallest absolute Gasteiger partial charge is 0.275 e. The van der Waals surface area contributed by atoms with Crippen LogP contribution < -0.4 is 5.32 Å². The van der Waals surface area contributed by atoms with E-state index in [2.05, 4.69) is 24.4 Å². The van der Waals surface area contributed by atoms with Crippen LogP contribution in [0.2, 0.25) is 0 Å². The number of carbonyl (C=O) groups is 2. The van der Waals surface area contributed by atoms with Crippen molar-refractivity contribution in [3.05, 3.63) is 46.8 Å². The van der Waals surface area contributed by atoms with E-state index in [1.807, 2.05) is 30.7 Å². The summed E-state index contributed by atoms with van der Waals surface area (Å²) in [4.78, 5) is 27.1. The Labute approximate surface area is 166 Å². The first-order valence-corrected chi connectivity index (χ1v) is 10.3. The number of aromatic nitrogens is 2. The minimum atomic E-state index is -0.141. The number of nitrogens with one attached hydrogen (secondary N) is 1. The van der Waals surface area contributed by atoms with E-state index in [1.165, 1.54) is 5.56 Å². The number of aryl methyl sites for hydroxylation is 1. The van der Waals surface area contributed by atoms with E-state index in [9.17, 15) is 9.59 Å². The van der Waals surface area contributed by atoms with E-state index in [-0.39, 0.29) is 18.4 Å². The van der Waals surface area contributed by atoms with Gasteiger partial charge < -0.3 is 10.2 Å². The molecule has 1 N–H and O–H groups in total. The molecule has 1 aliphatic rings. The van der Waals surface area contributed by atoms with E-state index in [0.29, 0.717) is 18.8 Å². The van der Waals surface area contributed by atoms with Crippen LogP contribution in [-0.4, -0.2) is 46.1 Å². The standard InChI is InChI=1S/C22H30N4O2/c1-4-13-23-20(27)15-25(14-5-2)22(28)21-18-7-6-8-19(18)26(24-21)17-11-9-16(3)10-12-17/h9-12H,4-8,13-15H2,1-3H3,(H,23,27). The molecule has 0 aliphatic heterocycles. The molecule has 6 heteroatoms. The second kappa shape index (κ2) is 9.04. The lowest BCUT2D eigenvalue weighted by molar-refractivity contribution is -0.121. The number of hydrogen-bond acceptors (Lipinski definition) is 3. The van der Waals surface area contributed by atoms with E-state index in [0.717, 1.165) is 49.0 Å². The first kappa shape index (κ1) is 20.1. The van der Waals surface area contributed by atoms with E-state index in [1.54, 1.807) is 4.90 Å². The van der Waals surface area contributed by atoms with Crippen molar-refractivity contribution in [2.24, 2.45) is 0 Å². The Hall–Kier alpha value is -2.63. The number of hydrogen-bond donors (Lipinski definition) is 1. The van der Waals surface area contributed by atoms with Gasteiger partial charge >= 0.3 is 0 Å². The maximum Gasteiger partial charge on any atom is 0.275 e. The second-order valence-corrected chi connectivity index (χ2v) is 7.45. The van der Waals surface area contributed by atoms with Gasteiger partial charge in [0.15, 0.2) is 5.69 Å². The fourth-order valence-electron chi connectivity index (χ4n) is 3.67. The molecule has 0 unspecified atom stereocenters. The zero-order valence-corrected chi connectivity index (χ0v) is 17.1. The quantitative estimate of drug-likeness (QED) is 0.763. The molecule has 6 nitrogen and oxygen atoms in total. The minimum Gasteiger partial charge on any atom is -0.355 e. The van der Waals surface area contributed by atoms with Crippen molar-refractivity contribution in [1.82, 2.24) is 20.0 Å². The number of amides is 2. The highest BCUT2D eigenvalue weighted by atomic mass is 16.2. The van der Waals surface area contributed by atoms with Crippen LogP contribution in [0.4, 0.5) is 0 Å². The van der Waals surface area contributed by atoms with Gasteiger partial charge in [0.05, 0.1) is 12.2 Å². The molecule has 150 valence electrons. The third kappa shape index (κ3) is 4.26. The van der Waals surface area contributed by atoms with Gasteiger partial charge in [0, 0.05) is 24.3 Å². The van der Waals surface area contributed by atoms with Gasteiger partial charge in [0.25, 0.3) is 5.91 Å². The molecule has 2 amide bonds. The molecule has 0 bridgehead atoms. The molecule has 0 saturated heterocycles. The van der Waals surface area contributed by atoms with Crippen LogP contribution in [0.1, 0.15) is 60.4 Å². The molecular formula is C22H30N4O2. The fraction of sp³-hybridized carbons (Fsp3) is 0.500. The van der Waals surface area contributed by atoms with Crippen LogP contribution >= 0.6 is 0 Å². The van der Waals surface area contributed by atoms with Crippen LogP contribution in [0, 0.1) is 6.92 Å². The summed E-state index contributed by atoms with van der Waals surface area (Å²) in [5.74, 6) is -0.254. The van der Waals surface area contributed by atoms with Gasteiger partial charge in [-0.2, -0.15) is 5.10 Å². The highest BCUT2D eigenvalue weighted by Gasteiger charge is 2.30. The first-order chi connectivity index (χ1) is 13.5. The Morgan fingerprint density at radius 3 is 2.57 bits per heavy atom. The lowest BCUT2D eigenvalue weighted by Gasteiger charge is -2.21. The van der Waals surface area contributed by atoms with Crippen molar-refractivity contribution < 1.29 is 9.59 Å². The van der Waals surface area contributed by atoms with Crippen molar-refractivity contribution in [2.45, 2.75) is 52.9 Å². The van der Waals surface area contributed by atoms with Gasteiger partial charge in [-0.15, -0.1) is 0 Å². The molecule has 0 radical (unpaired) electrons. The molecule has 1 aliphatic carbocycles. The summed E-state index contributed by atoms with van der Waals surface area (Å²) in [7, 11) is 0. The molecule has 2 aromatic rings. The van der Waals surface area contributed by atoms with Crippen LogP contribution in [0.5, 0.6) is 0 Å². The number of benzene rings is 1. The van der Waals surface area contributed by atoms with Gasteiger partial charge in [-0.3, -0.25) is 9.59 Å². The van der Waals surface area contributed by atoms with Gasteiger partial charge in [0.2, 0.25) is 5.91 Å². The third-order valence-electron chi connectivity index (χ3n) is 5.10. The van der Waals surface area contributed by atoms with Gasteiger partial charge in [0.1, 0.15) is 0 Å². The van der Waals surface area contributed by atoms with E-state index < -0.39 is 0 Å². The van der Waals surface area contributed by atoms with Crippen LogP contribution in [0.25, 0.3) is 5.69 Å². The highest BCUT2D eigenvalue weighted by Crippen LogP contribution is 2.28. The van der Waals surface area contributed by atoms with Crippen molar-refractivity contribution in [3.63, 3.8) is 0 Å². The van der Waals surface area contributed by atoms with Crippen LogP contribution in [-0.2, 0) is 17.6 Å². The SMILES string of the molecule is CCCNC(=O)CN(CCC)C(=O)c1nn(-c2ccc(C)cc2)c2c1CCC2. The summed E-state index contributed by atoms with van der Waals surface area (Å²) >= 11 is 0. The van der Waals surface area contributed by atoms with Crippen LogP contribution in [0.3, 0.4) is 0 Å². The molecular weight excluding hydrogens is 352 g/mol. The number of carbonyl (C=O) groups excluding carboxylic acids is 2. The lowest BCUT2D eigenvalue weighted by Crippen LogP contribution is -2.41. The predicted molar refractivity (Wildman–Crippen MR) is 110 cm³/mol. The zero-order valence-electron chi connectivity index (χ0n) is 17.1. The second-order valence-electron chi connectivity index (χ2n) is 7.45. The van der Waals surface area contributed by atoms with Gasteiger partial charge in [-0.1, -0.05) is 31.5 Å². The van der Waals surface area contributed by atoms with Gasteiger partial charge in [-0.25, -0.2) is 4.68 Å². The topological polar surface area (TPSA) is 67.2 Å². The summed E-state index contributed by atoms with van der Waals surface area (Å²) in [6.07, 6.45) is 4.50. The van der Waals surface area contributed by atoms with Crippen LogP contribution in [0.15, 0.2) is 24.3 Å². The molecule has 0 atom stereocenters. The molecule has 3 rings (SSSR count). The molecule has 1 aromatic carbocycles. The van der Waals surface area contributed by atoms with Crippen molar-refractivity contribution in [1.29, 1.82) is 0 Å². The predicted octanol–water partition coefficient (Wildman–Crippen LogP) is 3.05. The summed E-state index contributed by atoms with van der Waals surface area (Å²) in [5, 5.41) is 7.56. The van der Waals surface area contributed by atoms with Crippen molar-refractivity contribution in [3.8, 4) is 5.69 Å². The average Bonchev–Trinajstić information content (AvgIpc) is 3.29. The lowest BCUT2D eigenvalue weighted by atomic mass is 10.1. The Morgan fingerprint density at radius 1 is 1.14 bits per heavy atom. The maximum absolute atomic E-state index is 13.3. The Balaban J connectivity index is 1.89. The van der Waals surface area contributed by atoms with E-state index >= 15 is 0 Å². The largest absolute Gasteiger partial charge is 0.355 e. The maximum atomic E-state index is 13.3. The Morgan fingerprint density at radius 2 is 1.89 bits per heavy atom. The normalized spacial score (nSPS) is 12.7.